The molecule has 1 unspecified atom stereocenters. The number of amides is 1. The summed E-state index contributed by atoms with van der Waals surface area (Å²) in [5.74, 6) is 1.22. The number of ether oxygens (including phenoxy) is 3. The van der Waals surface area contributed by atoms with Gasteiger partial charge in [-0.05, 0) is 43.9 Å². The van der Waals surface area contributed by atoms with Crippen molar-refractivity contribution >= 4 is 35.2 Å². The number of halogens is 1. The highest BCUT2D eigenvalue weighted by atomic mass is 35.5. The second-order valence-corrected chi connectivity index (χ2v) is 10.2. The summed E-state index contributed by atoms with van der Waals surface area (Å²) in [5.41, 5.74) is 2.13. The fourth-order valence-electron chi connectivity index (χ4n) is 5.66. The lowest BCUT2D eigenvalue weighted by Crippen LogP contribution is -2.65. The highest BCUT2D eigenvalue weighted by Gasteiger charge is 2.53. The Bertz CT molecular complexity index is 1440. The molecule has 3 N–H and O–H groups in total. The van der Waals surface area contributed by atoms with Gasteiger partial charge in [0.2, 0.25) is 5.88 Å². The van der Waals surface area contributed by atoms with E-state index in [4.69, 9.17) is 14.2 Å². The van der Waals surface area contributed by atoms with E-state index in [1.807, 2.05) is 12.1 Å². The van der Waals surface area contributed by atoms with Crippen molar-refractivity contribution in [2.24, 2.45) is 0 Å². The van der Waals surface area contributed by atoms with Crippen molar-refractivity contribution in [1.82, 2.24) is 20.3 Å². The number of carbonyl (C=O) groups excluding carboxylic acids is 1. The predicted octanol–water partition coefficient (Wildman–Crippen LogP) is 2.43. The van der Waals surface area contributed by atoms with Crippen LogP contribution in [0, 0.1) is 11.3 Å². The Kier molecular flexibility index (Phi) is 7.31. The molecule has 39 heavy (non-hydrogen) atoms. The quantitative estimate of drug-likeness (QED) is 0.398. The normalized spacial score (nSPS) is 24.1. The molecule has 0 spiro atoms. The third-order valence-corrected chi connectivity index (χ3v) is 7.99. The highest BCUT2D eigenvalue weighted by Crippen LogP contribution is 2.46. The van der Waals surface area contributed by atoms with Gasteiger partial charge < -0.3 is 30.0 Å². The largest absolute Gasteiger partial charge is 0.481 e. The van der Waals surface area contributed by atoms with Gasteiger partial charge in [-0.2, -0.15) is 5.26 Å². The SMILES string of the molecule is COc1ccc2ncc(C#N)c(CC(O)C34CCC(NCc5ccc6c(n5)NC(=O)CO6)(CC3)CO4)c2n1.Cl. The van der Waals surface area contributed by atoms with E-state index < -0.39 is 11.7 Å². The number of aliphatic hydroxyl groups excluding tert-OH is 1. The first-order valence-electron chi connectivity index (χ1n) is 12.6. The van der Waals surface area contributed by atoms with Crippen LogP contribution in [0.15, 0.2) is 30.5 Å². The van der Waals surface area contributed by atoms with E-state index in [1.165, 1.54) is 13.3 Å². The molecule has 1 saturated carbocycles. The number of nitrogens with zero attached hydrogens (tertiary/aromatic N) is 4. The molecule has 11 nitrogen and oxygen atoms in total. The summed E-state index contributed by atoms with van der Waals surface area (Å²) in [5, 5.41) is 27.5. The Morgan fingerprint density at radius 1 is 1.23 bits per heavy atom. The minimum absolute atomic E-state index is 0. The van der Waals surface area contributed by atoms with E-state index in [9.17, 15) is 15.2 Å². The van der Waals surface area contributed by atoms with Gasteiger partial charge in [-0.15, -0.1) is 12.4 Å². The minimum Gasteiger partial charge on any atom is -0.481 e. The Morgan fingerprint density at radius 3 is 2.77 bits per heavy atom. The lowest BCUT2D eigenvalue weighted by Gasteiger charge is -2.55. The first-order valence-corrected chi connectivity index (χ1v) is 12.6. The maximum absolute atomic E-state index is 11.6. The van der Waals surface area contributed by atoms with Crippen molar-refractivity contribution in [2.45, 2.75) is 55.9 Å². The summed E-state index contributed by atoms with van der Waals surface area (Å²) in [6, 6.07) is 9.42. The highest BCUT2D eigenvalue weighted by molar-refractivity contribution is 5.94. The van der Waals surface area contributed by atoms with Crippen LogP contribution in [0.25, 0.3) is 11.0 Å². The fraction of sp³-hybridized carbons (Fsp3) is 0.444. The summed E-state index contributed by atoms with van der Waals surface area (Å²) in [6.45, 7) is 0.980. The van der Waals surface area contributed by atoms with Gasteiger partial charge >= 0.3 is 0 Å². The summed E-state index contributed by atoms with van der Waals surface area (Å²) < 4.78 is 17.0. The number of hydrogen-bond donors (Lipinski definition) is 3. The number of nitriles is 1. The molecule has 12 heteroatoms. The fourth-order valence-corrected chi connectivity index (χ4v) is 5.66. The number of methoxy groups -OCH3 is 1. The average Bonchev–Trinajstić information content (AvgIpc) is 2.96. The van der Waals surface area contributed by atoms with Crippen LogP contribution < -0.4 is 20.1 Å². The minimum atomic E-state index is -0.808. The Morgan fingerprint density at radius 2 is 2.05 bits per heavy atom. The molecule has 2 bridgehead atoms. The molecule has 3 aromatic heterocycles. The van der Waals surface area contributed by atoms with E-state index in [0.717, 1.165) is 18.5 Å². The zero-order valence-electron chi connectivity index (χ0n) is 21.4. The number of aliphatic hydroxyl groups is 1. The Hall–Kier alpha value is -3.56. The number of nitrogens with one attached hydrogen (secondary N) is 2. The third kappa shape index (κ3) is 4.96. The first-order chi connectivity index (χ1) is 18.4. The standard InChI is InChI=1S/C27H28N6O5.ClH/c1-36-23-5-3-19-24(33-23)18(16(11-28)12-29-19)10-21(34)27-8-6-26(7-9-27,15-38-27)30-13-17-2-4-20-25(31-17)32-22(35)14-37-20;/h2-5,12,21,30,34H,6-10,13-15H2,1H3,(H,31,32,35);1H. The Balaban J connectivity index is 0.00000308. The molecule has 0 aromatic carbocycles. The zero-order chi connectivity index (χ0) is 26.3. The zero-order valence-corrected chi connectivity index (χ0v) is 22.2. The van der Waals surface area contributed by atoms with Gasteiger partial charge in [0.05, 0.1) is 47.7 Å². The molecule has 2 saturated heterocycles. The number of anilines is 1. The molecule has 3 fully saturated rings. The van der Waals surface area contributed by atoms with Crippen LogP contribution in [-0.2, 0) is 22.5 Å². The summed E-state index contributed by atoms with van der Waals surface area (Å²) >= 11 is 0. The van der Waals surface area contributed by atoms with Crippen molar-refractivity contribution in [3.63, 3.8) is 0 Å². The average molecular weight is 553 g/mol. The molecule has 3 aliphatic heterocycles. The second kappa shape index (κ2) is 10.5. The first kappa shape index (κ1) is 27.0. The molecule has 1 atom stereocenters. The summed E-state index contributed by atoms with van der Waals surface area (Å²) in [4.78, 5) is 25.0. The molecule has 1 amide bonds. The maximum atomic E-state index is 11.6. The topological polar surface area (TPSA) is 152 Å². The number of aromatic nitrogens is 3. The van der Waals surface area contributed by atoms with Crippen LogP contribution >= 0.6 is 12.4 Å². The van der Waals surface area contributed by atoms with Crippen molar-refractivity contribution in [2.75, 3.05) is 25.6 Å². The summed E-state index contributed by atoms with van der Waals surface area (Å²) in [6.07, 6.45) is 3.99. The molecule has 204 valence electrons. The maximum Gasteiger partial charge on any atom is 0.263 e. The monoisotopic (exact) mass is 552 g/mol. The number of carbonyl (C=O) groups is 1. The van der Waals surface area contributed by atoms with Crippen LogP contribution in [0.1, 0.15) is 42.5 Å². The Labute approximate surface area is 231 Å². The predicted molar refractivity (Wildman–Crippen MR) is 143 cm³/mol. The van der Waals surface area contributed by atoms with Gasteiger partial charge in [0, 0.05) is 36.3 Å². The van der Waals surface area contributed by atoms with Crippen LogP contribution in [-0.4, -0.2) is 63.5 Å². The molecule has 6 heterocycles. The van der Waals surface area contributed by atoms with Crippen LogP contribution in [0.3, 0.4) is 0 Å². The van der Waals surface area contributed by atoms with Gasteiger partial charge in [-0.25, -0.2) is 9.97 Å². The molecular formula is C27H29ClN6O5. The van der Waals surface area contributed by atoms with Gasteiger partial charge in [-0.1, -0.05) is 0 Å². The molecule has 7 rings (SSSR count). The van der Waals surface area contributed by atoms with Gasteiger partial charge in [0.1, 0.15) is 6.07 Å². The van der Waals surface area contributed by atoms with Crippen LogP contribution in [0.5, 0.6) is 11.6 Å². The van der Waals surface area contributed by atoms with E-state index in [1.54, 1.807) is 12.1 Å². The third-order valence-electron chi connectivity index (χ3n) is 7.99. The van der Waals surface area contributed by atoms with Gasteiger partial charge in [0.25, 0.3) is 5.91 Å². The van der Waals surface area contributed by atoms with Crippen molar-refractivity contribution in [3.05, 3.63) is 47.3 Å². The van der Waals surface area contributed by atoms with Crippen LogP contribution in [0.2, 0.25) is 0 Å². The van der Waals surface area contributed by atoms with E-state index in [-0.39, 0.29) is 36.9 Å². The van der Waals surface area contributed by atoms with Crippen molar-refractivity contribution < 1.29 is 24.1 Å². The number of fused-ring (bicyclic) bond motifs is 5. The molecular weight excluding hydrogens is 524 g/mol. The summed E-state index contributed by atoms with van der Waals surface area (Å²) in [7, 11) is 1.54. The van der Waals surface area contributed by atoms with Gasteiger partial charge in [-0.3, -0.25) is 9.78 Å². The molecule has 4 aliphatic rings. The number of hydrogen-bond acceptors (Lipinski definition) is 10. The number of rotatable bonds is 7. The lowest BCUT2D eigenvalue weighted by molar-refractivity contribution is -0.208. The van der Waals surface area contributed by atoms with E-state index in [0.29, 0.717) is 65.6 Å². The van der Waals surface area contributed by atoms with Gasteiger partial charge in [0.15, 0.2) is 18.2 Å². The van der Waals surface area contributed by atoms with E-state index >= 15 is 0 Å². The molecule has 0 radical (unpaired) electrons. The smallest absolute Gasteiger partial charge is 0.263 e. The second-order valence-electron chi connectivity index (χ2n) is 10.2. The van der Waals surface area contributed by atoms with E-state index in [2.05, 4.69) is 31.7 Å². The number of pyridine rings is 3. The van der Waals surface area contributed by atoms with Crippen LogP contribution in [0.4, 0.5) is 5.82 Å². The molecule has 3 aromatic rings. The molecule has 1 aliphatic carbocycles. The van der Waals surface area contributed by atoms with Crippen molar-refractivity contribution in [1.29, 1.82) is 5.26 Å². The lowest BCUT2D eigenvalue weighted by atomic mass is 9.68. The van der Waals surface area contributed by atoms with Crippen molar-refractivity contribution in [3.8, 4) is 17.7 Å².